The molecule has 2 rings (SSSR count). The molecule has 0 saturated heterocycles. The predicted molar refractivity (Wildman–Crippen MR) is 71.7 cm³/mol. The smallest absolute Gasteiger partial charge is 0.132 e. The highest BCUT2D eigenvalue weighted by Gasteiger charge is 2.17. The number of methoxy groups -OCH3 is 1. The molecule has 1 aromatic carbocycles. The van der Waals surface area contributed by atoms with Gasteiger partial charge in [-0.2, -0.15) is 0 Å². The first-order valence-electron chi connectivity index (χ1n) is 6.63. The molecule has 0 spiro atoms. The lowest BCUT2D eigenvalue weighted by atomic mass is 9.88. The third-order valence-electron chi connectivity index (χ3n) is 3.58. The van der Waals surface area contributed by atoms with Crippen molar-refractivity contribution < 1.29 is 9.53 Å². The summed E-state index contributed by atoms with van der Waals surface area (Å²) in [6, 6.07) is 8.12. The standard InChI is InChI=1S/C15H21NO2/c1-18-15-8-4-13(5-9-15)11-16-10-12-2-6-14(17)7-3-12/h4-5,8-9,12,16H,2-3,6-7,10-11H2,1H3. The molecule has 0 aliphatic heterocycles. The van der Waals surface area contributed by atoms with Crippen LogP contribution in [0.15, 0.2) is 24.3 Å². The number of benzene rings is 1. The third kappa shape index (κ3) is 3.84. The minimum absolute atomic E-state index is 0.432. The molecular weight excluding hydrogens is 226 g/mol. The number of nitrogens with one attached hydrogen (secondary N) is 1. The third-order valence-corrected chi connectivity index (χ3v) is 3.58. The van der Waals surface area contributed by atoms with Gasteiger partial charge in [0.2, 0.25) is 0 Å². The van der Waals surface area contributed by atoms with Gasteiger partial charge in [0.05, 0.1) is 7.11 Å². The number of rotatable bonds is 5. The van der Waals surface area contributed by atoms with E-state index in [0.717, 1.165) is 44.5 Å². The molecule has 0 heterocycles. The van der Waals surface area contributed by atoms with Gasteiger partial charge in [-0.25, -0.2) is 0 Å². The topological polar surface area (TPSA) is 38.3 Å². The average Bonchev–Trinajstić information content (AvgIpc) is 2.42. The van der Waals surface area contributed by atoms with Crippen LogP contribution in [0.5, 0.6) is 5.75 Å². The normalized spacial score (nSPS) is 16.8. The quantitative estimate of drug-likeness (QED) is 0.869. The van der Waals surface area contributed by atoms with Crippen LogP contribution >= 0.6 is 0 Å². The molecule has 1 saturated carbocycles. The summed E-state index contributed by atoms with van der Waals surface area (Å²) in [5, 5.41) is 3.47. The molecule has 1 aromatic rings. The van der Waals surface area contributed by atoms with Gasteiger partial charge in [0, 0.05) is 19.4 Å². The average molecular weight is 247 g/mol. The Kier molecular flexibility index (Phi) is 4.76. The SMILES string of the molecule is COc1ccc(CNCC2CCC(=O)CC2)cc1. The number of carbonyl (C=O) groups is 1. The molecule has 0 unspecified atom stereocenters. The molecule has 1 aliphatic carbocycles. The fraction of sp³-hybridized carbons (Fsp3) is 0.533. The van der Waals surface area contributed by atoms with Crippen LogP contribution in [0.25, 0.3) is 0 Å². The van der Waals surface area contributed by atoms with Crippen molar-refractivity contribution in [3.8, 4) is 5.75 Å². The number of hydrogen-bond acceptors (Lipinski definition) is 3. The summed E-state index contributed by atoms with van der Waals surface area (Å²) in [4.78, 5) is 11.1. The summed E-state index contributed by atoms with van der Waals surface area (Å²) in [5.41, 5.74) is 1.27. The fourth-order valence-corrected chi connectivity index (χ4v) is 2.37. The van der Waals surface area contributed by atoms with Gasteiger partial charge in [-0.15, -0.1) is 0 Å². The van der Waals surface area contributed by atoms with Gasteiger partial charge in [-0.3, -0.25) is 4.79 Å². The van der Waals surface area contributed by atoms with E-state index in [1.807, 2.05) is 12.1 Å². The van der Waals surface area contributed by atoms with Crippen molar-refractivity contribution in [1.82, 2.24) is 5.32 Å². The van der Waals surface area contributed by atoms with Crippen molar-refractivity contribution in [1.29, 1.82) is 0 Å². The molecule has 1 N–H and O–H groups in total. The molecule has 3 heteroatoms. The van der Waals surface area contributed by atoms with E-state index in [1.165, 1.54) is 5.56 Å². The van der Waals surface area contributed by atoms with Crippen LogP contribution in [0.4, 0.5) is 0 Å². The number of ether oxygens (including phenoxy) is 1. The monoisotopic (exact) mass is 247 g/mol. The highest BCUT2D eigenvalue weighted by molar-refractivity contribution is 5.79. The summed E-state index contributed by atoms with van der Waals surface area (Å²) in [6.07, 6.45) is 3.65. The molecular formula is C15H21NO2. The maximum absolute atomic E-state index is 11.1. The fourth-order valence-electron chi connectivity index (χ4n) is 2.37. The van der Waals surface area contributed by atoms with Gasteiger partial charge in [0.15, 0.2) is 0 Å². The van der Waals surface area contributed by atoms with Gasteiger partial charge in [0.1, 0.15) is 11.5 Å². The Bertz CT molecular complexity index is 376. The van der Waals surface area contributed by atoms with Crippen molar-refractivity contribution in [2.75, 3.05) is 13.7 Å². The van der Waals surface area contributed by atoms with E-state index in [9.17, 15) is 4.79 Å². The summed E-state index contributed by atoms with van der Waals surface area (Å²) in [5.74, 6) is 1.99. The summed E-state index contributed by atoms with van der Waals surface area (Å²) >= 11 is 0. The second kappa shape index (κ2) is 6.55. The van der Waals surface area contributed by atoms with Gasteiger partial charge in [0.25, 0.3) is 0 Å². The highest BCUT2D eigenvalue weighted by atomic mass is 16.5. The van der Waals surface area contributed by atoms with Crippen molar-refractivity contribution in [3.05, 3.63) is 29.8 Å². The van der Waals surface area contributed by atoms with Gasteiger partial charge >= 0.3 is 0 Å². The van der Waals surface area contributed by atoms with Gasteiger partial charge < -0.3 is 10.1 Å². The Morgan fingerprint density at radius 1 is 1.22 bits per heavy atom. The lowest BCUT2D eigenvalue weighted by Gasteiger charge is -2.21. The van der Waals surface area contributed by atoms with Gasteiger partial charge in [-0.1, -0.05) is 12.1 Å². The van der Waals surface area contributed by atoms with Crippen LogP contribution in [0, 0.1) is 5.92 Å². The van der Waals surface area contributed by atoms with Crippen LogP contribution in [-0.4, -0.2) is 19.4 Å². The Morgan fingerprint density at radius 3 is 2.50 bits per heavy atom. The Hall–Kier alpha value is -1.35. The lowest BCUT2D eigenvalue weighted by Crippen LogP contribution is -2.26. The maximum atomic E-state index is 11.1. The highest BCUT2D eigenvalue weighted by Crippen LogP contribution is 2.20. The number of carbonyl (C=O) groups excluding carboxylic acids is 1. The molecule has 0 bridgehead atoms. The van der Waals surface area contributed by atoms with Crippen LogP contribution in [-0.2, 0) is 11.3 Å². The molecule has 1 aliphatic rings. The van der Waals surface area contributed by atoms with E-state index in [-0.39, 0.29) is 0 Å². The Labute approximate surface area is 109 Å². The number of hydrogen-bond donors (Lipinski definition) is 1. The van der Waals surface area contributed by atoms with Crippen molar-refractivity contribution >= 4 is 5.78 Å². The first-order valence-corrected chi connectivity index (χ1v) is 6.63. The minimum atomic E-state index is 0.432. The summed E-state index contributed by atoms with van der Waals surface area (Å²) in [7, 11) is 1.68. The molecule has 3 nitrogen and oxygen atoms in total. The van der Waals surface area contributed by atoms with Crippen molar-refractivity contribution in [2.24, 2.45) is 5.92 Å². The zero-order chi connectivity index (χ0) is 12.8. The van der Waals surface area contributed by atoms with Crippen molar-refractivity contribution in [2.45, 2.75) is 32.2 Å². The molecule has 0 amide bonds. The number of ketones is 1. The Morgan fingerprint density at radius 2 is 1.89 bits per heavy atom. The van der Waals surface area contributed by atoms with Crippen LogP contribution in [0.1, 0.15) is 31.2 Å². The second-order valence-electron chi connectivity index (χ2n) is 4.96. The van der Waals surface area contributed by atoms with Crippen LogP contribution in [0.2, 0.25) is 0 Å². The molecule has 1 fully saturated rings. The van der Waals surface area contributed by atoms with E-state index in [2.05, 4.69) is 17.4 Å². The van der Waals surface area contributed by atoms with E-state index in [4.69, 9.17) is 4.74 Å². The molecule has 0 radical (unpaired) electrons. The minimum Gasteiger partial charge on any atom is -0.497 e. The largest absolute Gasteiger partial charge is 0.497 e. The first-order chi connectivity index (χ1) is 8.78. The molecule has 0 atom stereocenters. The molecule has 98 valence electrons. The maximum Gasteiger partial charge on any atom is 0.132 e. The summed E-state index contributed by atoms with van der Waals surface area (Å²) in [6.45, 7) is 1.90. The van der Waals surface area contributed by atoms with E-state index in [0.29, 0.717) is 11.7 Å². The Balaban J connectivity index is 1.69. The molecule has 18 heavy (non-hydrogen) atoms. The van der Waals surface area contributed by atoms with Crippen molar-refractivity contribution in [3.63, 3.8) is 0 Å². The number of Topliss-reactive ketones (excluding diaryl/α,β-unsaturated/α-hetero) is 1. The molecule has 0 aromatic heterocycles. The van der Waals surface area contributed by atoms with E-state index < -0.39 is 0 Å². The summed E-state index contributed by atoms with van der Waals surface area (Å²) < 4.78 is 5.13. The second-order valence-corrected chi connectivity index (χ2v) is 4.96. The van der Waals surface area contributed by atoms with Gasteiger partial charge in [-0.05, 0) is 43.0 Å². The van der Waals surface area contributed by atoms with Crippen LogP contribution < -0.4 is 10.1 Å². The predicted octanol–water partition coefficient (Wildman–Crippen LogP) is 2.54. The first kappa shape index (κ1) is 13.1. The zero-order valence-corrected chi connectivity index (χ0v) is 10.9. The van der Waals surface area contributed by atoms with E-state index >= 15 is 0 Å². The van der Waals surface area contributed by atoms with E-state index in [1.54, 1.807) is 7.11 Å². The zero-order valence-electron chi connectivity index (χ0n) is 10.9. The van der Waals surface area contributed by atoms with Crippen LogP contribution in [0.3, 0.4) is 0 Å². The lowest BCUT2D eigenvalue weighted by molar-refractivity contribution is -0.120.